The smallest absolute Gasteiger partial charge is 0.303 e. The lowest BCUT2D eigenvalue weighted by molar-refractivity contribution is -0.151. The van der Waals surface area contributed by atoms with Gasteiger partial charge in [0.25, 0.3) is 5.56 Å². The van der Waals surface area contributed by atoms with Crippen LogP contribution in [0.3, 0.4) is 0 Å². The Morgan fingerprint density at radius 3 is 2.65 bits per heavy atom. The maximum atomic E-state index is 13.4. The fourth-order valence-electron chi connectivity index (χ4n) is 8.03. The number of hydrogen-bond acceptors (Lipinski definition) is 4. The number of hydrogen-bond donors (Lipinski definition) is 2. The van der Waals surface area contributed by atoms with Crippen molar-refractivity contribution in [2.24, 2.45) is 29.1 Å². The van der Waals surface area contributed by atoms with Crippen molar-refractivity contribution in [2.45, 2.75) is 89.6 Å². The third-order valence-electron chi connectivity index (χ3n) is 9.09. The second kappa shape index (κ2) is 7.50. The molecule has 5 aliphatic carbocycles. The first-order valence-corrected chi connectivity index (χ1v) is 12.3. The van der Waals surface area contributed by atoms with E-state index in [0.717, 1.165) is 44.9 Å². The Morgan fingerprint density at radius 2 is 1.97 bits per heavy atom. The first-order chi connectivity index (χ1) is 14.7. The summed E-state index contributed by atoms with van der Waals surface area (Å²) < 4.78 is 1.64. The normalized spacial score (nSPS) is 41.3. The van der Waals surface area contributed by atoms with E-state index in [9.17, 15) is 14.7 Å². The minimum absolute atomic E-state index is 0.196. The maximum Gasteiger partial charge on any atom is 0.303 e. The van der Waals surface area contributed by atoms with Crippen LogP contribution < -0.4 is 10.9 Å². The van der Waals surface area contributed by atoms with Gasteiger partial charge in [-0.15, -0.1) is 0 Å². The molecule has 5 fully saturated rings. The van der Waals surface area contributed by atoms with Crippen molar-refractivity contribution < 1.29 is 9.90 Å². The number of aliphatic carboxylic acids is 1. The van der Waals surface area contributed by atoms with Gasteiger partial charge in [-0.1, -0.05) is 38.3 Å². The lowest BCUT2D eigenvalue weighted by Gasteiger charge is -2.61. The molecule has 0 spiro atoms. The standard InChI is InChI=1S/C24H34ClN3O3/c1-14-4-3-5-18(15(14)2)27-19-12-26-28(22(31)21(19)25)24-9-16-6-17(10-24)8-23(7-16,13-24)11-20(29)30/h12,14-18,27H,3-11,13H2,1-2H3,(H,29,30)/t14-,15-,16+,17+,18-,23?,24?/m1/s1. The summed E-state index contributed by atoms with van der Waals surface area (Å²) in [5, 5.41) is 17.9. The van der Waals surface area contributed by atoms with Gasteiger partial charge in [0.2, 0.25) is 0 Å². The van der Waals surface area contributed by atoms with Gasteiger partial charge in [-0.3, -0.25) is 9.59 Å². The Kier molecular flexibility index (Phi) is 5.15. The van der Waals surface area contributed by atoms with E-state index in [1.54, 1.807) is 10.9 Å². The molecule has 5 atom stereocenters. The second-order valence-electron chi connectivity index (χ2n) is 11.4. The predicted octanol–water partition coefficient (Wildman–Crippen LogP) is 4.90. The predicted molar refractivity (Wildman–Crippen MR) is 120 cm³/mol. The quantitative estimate of drug-likeness (QED) is 0.670. The number of aromatic nitrogens is 2. The Morgan fingerprint density at radius 1 is 1.26 bits per heavy atom. The van der Waals surface area contributed by atoms with Crippen LogP contribution in [0, 0.1) is 29.1 Å². The zero-order valence-corrected chi connectivity index (χ0v) is 19.3. The third kappa shape index (κ3) is 3.59. The SMILES string of the molecule is C[C@@H]1[C@H](C)CCC[C@H]1Nc1cnn(C23C[C@H]4C[C@@H](CC(CC(=O)O)(C4)C2)C3)c(=O)c1Cl. The molecule has 1 aromatic heterocycles. The van der Waals surface area contributed by atoms with Gasteiger partial charge in [-0.05, 0) is 74.0 Å². The van der Waals surface area contributed by atoms with Crippen molar-refractivity contribution in [1.82, 2.24) is 9.78 Å². The van der Waals surface area contributed by atoms with Crippen LogP contribution in [0.4, 0.5) is 5.69 Å². The summed E-state index contributed by atoms with van der Waals surface area (Å²) in [7, 11) is 0. The summed E-state index contributed by atoms with van der Waals surface area (Å²) in [6.07, 6.45) is 11.1. The molecule has 0 saturated heterocycles. The summed E-state index contributed by atoms with van der Waals surface area (Å²) in [6, 6.07) is 0.302. The molecule has 31 heavy (non-hydrogen) atoms. The largest absolute Gasteiger partial charge is 0.481 e. The minimum Gasteiger partial charge on any atom is -0.481 e. The van der Waals surface area contributed by atoms with Gasteiger partial charge >= 0.3 is 5.97 Å². The molecule has 0 radical (unpaired) electrons. The summed E-state index contributed by atoms with van der Waals surface area (Å²) in [5.41, 5.74) is -0.172. The molecule has 7 heteroatoms. The third-order valence-corrected chi connectivity index (χ3v) is 9.46. The monoisotopic (exact) mass is 447 g/mol. The van der Waals surface area contributed by atoms with Gasteiger partial charge in [0.05, 0.1) is 23.8 Å². The van der Waals surface area contributed by atoms with Crippen molar-refractivity contribution in [3.8, 4) is 0 Å². The Hall–Kier alpha value is -1.56. The molecular formula is C24H34ClN3O3. The summed E-state index contributed by atoms with van der Waals surface area (Å²) >= 11 is 6.63. The molecule has 0 aliphatic heterocycles. The van der Waals surface area contributed by atoms with Gasteiger partial charge < -0.3 is 10.4 Å². The molecule has 1 aromatic rings. The molecule has 0 unspecified atom stereocenters. The first kappa shape index (κ1) is 21.3. The highest BCUT2D eigenvalue weighted by molar-refractivity contribution is 6.32. The number of anilines is 1. The zero-order chi connectivity index (χ0) is 22.0. The van der Waals surface area contributed by atoms with Gasteiger partial charge in [0, 0.05) is 6.04 Å². The summed E-state index contributed by atoms with van der Waals surface area (Å²) in [5.74, 6) is 1.40. The Labute approximate surface area is 188 Å². The number of nitrogens with one attached hydrogen (secondary N) is 1. The topological polar surface area (TPSA) is 84.2 Å². The lowest BCUT2D eigenvalue weighted by Crippen LogP contribution is -2.59. The number of rotatable bonds is 5. The average Bonchev–Trinajstić information content (AvgIpc) is 2.66. The van der Waals surface area contributed by atoms with Crippen molar-refractivity contribution in [1.29, 1.82) is 0 Å². The highest BCUT2D eigenvalue weighted by Crippen LogP contribution is 2.65. The second-order valence-corrected chi connectivity index (χ2v) is 11.7. The van der Waals surface area contributed by atoms with E-state index in [0.29, 0.717) is 35.4 Å². The zero-order valence-electron chi connectivity index (χ0n) is 18.6. The van der Waals surface area contributed by atoms with Crippen molar-refractivity contribution in [3.05, 3.63) is 21.6 Å². The van der Waals surface area contributed by atoms with E-state index in [-0.39, 0.29) is 28.0 Å². The Balaban J connectivity index is 1.45. The van der Waals surface area contributed by atoms with Gasteiger partial charge in [0.15, 0.2) is 0 Å². The highest BCUT2D eigenvalue weighted by atomic mass is 35.5. The molecule has 5 aliphatic rings. The van der Waals surface area contributed by atoms with E-state index >= 15 is 0 Å². The summed E-state index contributed by atoms with van der Waals surface area (Å²) in [4.78, 5) is 25.0. The van der Waals surface area contributed by atoms with Crippen LogP contribution in [0.1, 0.15) is 78.1 Å². The average molecular weight is 448 g/mol. The maximum absolute atomic E-state index is 13.4. The molecule has 0 amide bonds. The lowest BCUT2D eigenvalue weighted by atomic mass is 9.46. The van der Waals surface area contributed by atoms with Gasteiger partial charge in [-0.2, -0.15) is 5.10 Å². The van der Waals surface area contributed by atoms with E-state index in [2.05, 4.69) is 24.3 Å². The minimum atomic E-state index is -0.731. The van der Waals surface area contributed by atoms with Gasteiger partial charge in [0.1, 0.15) is 5.02 Å². The number of nitrogens with zero attached hydrogens (tertiary/aromatic N) is 2. The number of carboxylic acid groups (broad SMARTS) is 1. The van der Waals surface area contributed by atoms with Crippen molar-refractivity contribution >= 4 is 23.3 Å². The van der Waals surface area contributed by atoms with Crippen LogP contribution in [0.15, 0.2) is 11.0 Å². The van der Waals surface area contributed by atoms with E-state index in [1.807, 2.05) is 0 Å². The molecular weight excluding hydrogens is 414 g/mol. The fraction of sp³-hybridized carbons (Fsp3) is 0.792. The molecule has 4 bridgehead atoms. The van der Waals surface area contributed by atoms with Crippen LogP contribution in [-0.4, -0.2) is 26.9 Å². The number of carbonyl (C=O) groups is 1. The molecule has 0 aromatic carbocycles. The Bertz CT molecular complexity index is 930. The summed E-state index contributed by atoms with van der Waals surface area (Å²) in [6.45, 7) is 4.55. The van der Waals surface area contributed by atoms with Crippen LogP contribution in [0.2, 0.25) is 5.02 Å². The number of halogens is 1. The van der Waals surface area contributed by atoms with Crippen LogP contribution in [0.25, 0.3) is 0 Å². The molecule has 5 saturated carbocycles. The molecule has 6 rings (SSSR count). The van der Waals surface area contributed by atoms with Crippen LogP contribution in [0.5, 0.6) is 0 Å². The molecule has 6 nitrogen and oxygen atoms in total. The van der Waals surface area contributed by atoms with Crippen molar-refractivity contribution in [2.75, 3.05) is 5.32 Å². The fourth-order valence-corrected chi connectivity index (χ4v) is 8.22. The van der Waals surface area contributed by atoms with Crippen LogP contribution >= 0.6 is 11.6 Å². The van der Waals surface area contributed by atoms with Crippen LogP contribution in [-0.2, 0) is 10.3 Å². The van der Waals surface area contributed by atoms with E-state index < -0.39 is 5.97 Å². The van der Waals surface area contributed by atoms with Gasteiger partial charge in [-0.25, -0.2) is 4.68 Å². The molecule has 1 heterocycles. The van der Waals surface area contributed by atoms with E-state index in [1.165, 1.54) is 12.8 Å². The first-order valence-electron chi connectivity index (χ1n) is 12.0. The molecule has 170 valence electrons. The van der Waals surface area contributed by atoms with E-state index in [4.69, 9.17) is 11.6 Å². The van der Waals surface area contributed by atoms with Crippen molar-refractivity contribution in [3.63, 3.8) is 0 Å². The highest BCUT2D eigenvalue weighted by Gasteiger charge is 2.59. The number of carboxylic acids is 1. The molecule has 2 N–H and O–H groups in total.